The monoisotopic (exact) mass is 236 g/mol. The second-order valence-corrected chi connectivity index (χ2v) is 4.44. The van der Waals surface area contributed by atoms with E-state index in [2.05, 4.69) is 19.9 Å². The van der Waals surface area contributed by atoms with Crippen molar-refractivity contribution in [2.75, 3.05) is 0 Å². The summed E-state index contributed by atoms with van der Waals surface area (Å²) in [4.78, 5) is 15.2. The Bertz CT molecular complexity index is 507. The van der Waals surface area contributed by atoms with Crippen molar-refractivity contribution in [3.63, 3.8) is 0 Å². The molecule has 0 aliphatic rings. The Hall–Kier alpha value is -1.63. The van der Waals surface area contributed by atoms with Crippen LogP contribution in [0.15, 0.2) is 17.7 Å². The van der Waals surface area contributed by atoms with Gasteiger partial charge in [-0.15, -0.1) is 0 Å². The number of H-pyrrole nitrogens is 1. The summed E-state index contributed by atoms with van der Waals surface area (Å²) in [6.07, 6.45) is 3.84. The molecule has 0 amide bonds. The van der Waals surface area contributed by atoms with Crippen LogP contribution in [0.3, 0.4) is 0 Å². The molecule has 6 nitrogen and oxygen atoms in total. The van der Waals surface area contributed by atoms with Crippen molar-refractivity contribution in [1.29, 1.82) is 5.41 Å². The molecule has 0 aromatic carbocycles. The van der Waals surface area contributed by atoms with Crippen LogP contribution >= 0.6 is 11.8 Å². The molecule has 84 valence electrons. The van der Waals surface area contributed by atoms with Gasteiger partial charge in [0.2, 0.25) is 0 Å². The Morgan fingerprint density at radius 1 is 1.56 bits per heavy atom. The normalized spacial score (nSPS) is 12.8. The molecule has 2 heterocycles. The van der Waals surface area contributed by atoms with Gasteiger partial charge in [-0.2, -0.15) is 0 Å². The van der Waals surface area contributed by atoms with Crippen LogP contribution < -0.4 is 5.73 Å². The van der Waals surface area contributed by atoms with Crippen molar-refractivity contribution in [3.05, 3.63) is 12.7 Å². The number of nitrogens with zero attached hydrogens (tertiary/aromatic N) is 3. The topological polar surface area (TPSA) is 104 Å². The highest BCUT2D eigenvalue weighted by atomic mass is 32.2. The molecule has 16 heavy (non-hydrogen) atoms. The highest BCUT2D eigenvalue weighted by Crippen LogP contribution is 2.27. The van der Waals surface area contributed by atoms with Crippen molar-refractivity contribution >= 4 is 28.8 Å². The van der Waals surface area contributed by atoms with Crippen molar-refractivity contribution in [2.24, 2.45) is 5.73 Å². The van der Waals surface area contributed by atoms with Crippen LogP contribution in [0.4, 0.5) is 0 Å². The number of nitrogens with one attached hydrogen (secondary N) is 2. The largest absolute Gasteiger partial charge is 0.387 e. The fourth-order valence-corrected chi connectivity index (χ4v) is 2.27. The van der Waals surface area contributed by atoms with Gasteiger partial charge < -0.3 is 10.7 Å². The van der Waals surface area contributed by atoms with Crippen LogP contribution in [-0.2, 0) is 0 Å². The first kappa shape index (κ1) is 10.9. The number of hydrogen-bond acceptors (Lipinski definition) is 5. The second-order valence-electron chi connectivity index (χ2n) is 3.25. The molecule has 1 atom stereocenters. The van der Waals surface area contributed by atoms with E-state index in [1.807, 2.05) is 6.92 Å². The standard InChI is InChI=1S/C9H12N6S/c1-2-5(7(10)11)16-9-6-8(13-3-12-6)14-4-15-9/h3-5H,2H2,1H3,(H3,10,11)(H,12,13,14,15). The zero-order chi connectivity index (χ0) is 11.5. The van der Waals surface area contributed by atoms with Gasteiger partial charge in [0.15, 0.2) is 5.65 Å². The quantitative estimate of drug-likeness (QED) is 0.320. The zero-order valence-corrected chi connectivity index (χ0v) is 9.58. The average Bonchev–Trinajstić information content (AvgIpc) is 2.73. The minimum absolute atomic E-state index is 0.0543. The molecule has 0 saturated heterocycles. The van der Waals surface area contributed by atoms with Crippen molar-refractivity contribution in [1.82, 2.24) is 19.9 Å². The molecule has 1 unspecified atom stereocenters. The number of rotatable bonds is 4. The van der Waals surface area contributed by atoms with Crippen molar-refractivity contribution in [2.45, 2.75) is 23.6 Å². The molecular formula is C9H12N6S. The van der Waals surface area contributed by atoms with E-state index in [0.29, 0.717) is 5.65 Å². The maximum Gasteiger partial charge on any atom is 0.181 e. The van der Waals surface area contributed by atoms with Crippen LogP contribution in [-0.4, -0.2) is 31.0 Å². The summed E-state index contributed by atoms with van der Waals surface area (Å²) in [5.74, 6) is 0.166. The Labute approximate surface area is 96.6 Å². The predicted octanol–water partition coefficient (Wildman–Crippen LogP) is 1.16. The first-order chi connectivity index (χ1) is 7.72. The summed E-state index contributed by atoms with van der Waals surface area (Å²) in [5, 5.41) is 8.19. The van der Waals surface area contributed by atoms with E-state index in [-0.39, 0.29) is 11.1 Å². The number of aromatic amines is 1. The Morgan fingerprint density at radius 2 is 2.38 bits per heavy atom. The molecule has 0 saturated carbocycles. The van der Waals surface area contributed by atoms with E-state index in [1.54, 1.807) is 6.33 Å². The van der Waals surface area contributed by atoms with Crippen LogP contribution in [0.2, 0.25) is 0 Å². The number of amidine groups is 1. The third kappa shape index (κ3) is 1.99. The molecule has 7 heteroatoms. The molecule has 0 aliphatic heterocycles. The molecule has 0 fully saturated rings. The van der Waals surface area contributed by atoms with Crippen LogP contribution in [0.1, 0.15) is 13.3 Å². The highest BCUT2D eigenvalue weighted by Gasteiger charge is 2.15. The van der Waals surface area contributed by atoms with E-state index in [9.17, 15) is 0 Å². The molecule has 0 bridgehead atoms. The zero-order valence-electron chi connectivity index (χ0n) is 8.77. The summed E-state index contributed by atoms with van der Waals surface area (Å²) in [6, 6.07) is 0. The molecule has 2 rings (SSSR count). The SMILES string of the molecule is CCC(Sc1ncnc2nc[nH]c12)C(=N)N. The first-order valence-electron chi connectivity index (χ1n) is 4.87. The minimum Gasteiger partial charge on any atom is -0.387 e. The van der Waals surface area contributed by atoms with E-state index >= 15 is 0 Å². The molecule has 4 N–H and O–H groups in total. The summed E-state index contributed by atoms with van der Waals surface area (Å²) < 4.78 is 0. The summed E-state index contributed by atoms with van der Waals surface area (Å²) in [5.41, 5.74) is 6.94. The van der Waals surface area contributed by atoms with E-state index in [1.165, 1.54) is 18.1 Å². The van der Waals surface area contributed by atoms with E-state index in [4.69, 9.17) is 11.1 Å². The highest BCUT2D eigenvalue weighted by molar-refractivity contribution is 8.00. The number of hydrogen-bond donors (Lipinski definition) is 3. The van der Waals surface area contributed by atoms with Gasteiger partial charge >= 0.3 is 0 Å². The number of fused-ring (bicyclic) bond motifs is 1. The number of thioether (sulfide) groups is 1. The molecule has 0 spiro atoms. The molecule has 0 aliphatic carbocycles. The van der Waals surface area contributed by atoms with Gasteiger partial charge in [0.1, 0.15) is 22.7 Å². The van der Waals surface area contributed by atoms with Crippen molar-refractivity contribution < 1.29 is 0 Å². The Balaban J connectivity index is 2.33. The molecule has 2 aromatic heterocycles. The molecular weight excluding hydrogens is 224 g/mol. The number of imidazole rings is 1. The third-order valence-corrected chi connectivity index (χ3v) is 3.56. The first-order valence-corrected chi connectivity index (χ1v) is 5.75. The fourth-order valence-electron chi connectivity index (χ4n) is 1.33. The molecule has 2 aromatic rings. The average molecular weight is 236 g/mol. The maximum absolute atomic E-state index is 7.46. The Morgan fingerprint density at radius 3 is 3.06 bits per heavy atom. The van der Waals surface area contributed by atoms with Crippen molar-refractivity contribution in [3.8, 4) is 0 Å². The third-order valence-electron chi connectivity index (χ3n) is 2.16. The van der Waals surface area contributed by atoms with Gasteiger partial charge in [-0.25, -0.2) is 15.0 Å². The lowest BCUT2D eigenvalue weighted by Gasteiger charge is -2.11. The summed E-state index contributed by atoms with van der Waals surface area (Å²) in [6.45, 7) is 1.99. The van der Waals surface area contributed by atoms with Gasteiger partial charge in [0.25, 0.3) is 0 Å². The summed E-state index contributed by atoms with van der Waals surface area (Å²) >= 11 is 1.46. The van der Waals surface area contributed by atoms with Gasteiger partial charge in [-0.3, -0.25) is 5.41 Å². The summed E-state index contributed by atoms with van der Waals surface area (Å²) in [7, 11) is 0. The van der Waals surface area contributed by atoms with Gasteiger partial charge in [0, 0.05) is 0 Å². The fraction of sp³-hybridized carbons (Fsp3) is 0.333. The van der Waals surface area contributed by atoms with Crippen LogP contribution in [0, 0.1) is 5.41 Å². The van der Waals surface area contributed by atoms with Gasteiger partial charge in [-0.05, 0) is 6.42 Å². The maximum atomic E-state index is 7.46. The van der Waals surface area contributed by atoms with E-state index in [0.717, 1.165) is 17.0 Å². The second kappa shape index (κ2) is 4.48. The van der Waals surface area contributed by atoms with Crippen LogP contribution in [0.25, 0.3) is 11.2 Å². The Kier molecular flexibility index (Phi) is 3.04. The predicted molar refractivity (Wildman–Crippen MR) is 63.5 cm³/mol. The lowest BCUT2D eigenvalue weighted by Crippen LogP contribution is -2.24. The van der Waals surface area contributed by atoms with Crippen LogP contribution in [0.5, 0.6) is 0 Å². The smallest absolute Gasteiger partial charge is 0.181 e. The lowest BCUT2D eigenvalue weighted by atomic mass is 10.3. The lowest BCUT2D eigenvalue weighted by molar-refractivity contribution is 0.982. The molecule has 0 radical (unpaired) electrons. The van der Waals surface area contributed by atoms with E-state index < -0.39 is 0 Å². The number of aromatic nitrogens is 4. The number of nitrogens with two attached hydrogens (primary N) is 1. The minimum atomic E-state index is -0.0543. The van der Waals surface area contributed by atoms with Gasteiger partial charge in [0.05, 0.1) is 11.6 Å². The van der Waals surface area contributed by atoms with Gasteiger partial charge in [-0.1, -0.05) is 18.7 Å².